The van der Waals surface area contributed by atoms with E-state index < -0.39 is 0 Å². The fraction of sp³-hybridized carbons (Fsp3) is 0.500. The lowest BCUT2D eigenvalue weighted by Gasteiger charge is -2.35. The Labute approximate surface area is 124 Å². The molecule has 1 N–H and O–H groups in total. The Balaban J connectivity index is 1.86. The van der Waals surface area contributed by atoms with E-state index in [0.717, 1.165) is 31.5 Å². The number of piperazine rings is 1. The van der Waals surface area contributed by atoms with E-state index in [4.69, 9.17) is 0 Å². The molecular weight excluding hydrogens is 266 g/mol. The van der Waals surface area contributed by atoms with Gasteiger partial charge in [0.15, 0.2) is 0 Å². The molecule has 0 aromatic heterocycles. The van der Waals surface area contributed by atoms with Crippen molar-refractivity contribution in [2.75, 3.05) is 32.7 Å². The number of hydrogen-bond acceptors (Lipinski definition) is 3. The van der Waals surface area contributed by atoms with E-state index in [-0.39, 0.29) is 17.9 Å². The molecule has 0 bridgehead atoms. The molecule has 2 fully saturated rings. The number of nitrogens with zero attached hydrogens (tertiary/aromatic N) is 2. The summed E-state index contributed by atoms with van der Waals surface area (Å²) in [5.41, 5.74) is 0.976. The molecular formula is C16H21N3O2. The van der Waals surface area contributed by atoms with Crippen molar-refractivity contribution < 1.29 is 9.59 Å². The van der Waals surface area contributed by atoms with Gasteiger partial charge in [0.05, 0.1) is 6.54 Å². The fourth-order valence-corrected chi connectivity index (χ4v) is 3.13. The second kappa shape index (κ2) is 6.26. The Morgan fingerprint density at radius 1 is 1.10 bits per heavy atom. The van der Waals surface area contributed by atoms with Gasteiger partial charge in [-0.2, -0.15) is 0 Å². The van der Waals surface area contributed by atoms with Gasteiger partial charge in [0.1, 0.15) is 6.04 Å². The molecule has 2 aliphatic heterocycles. The predicted octanol–water partition coefficient (Wildman–Crippen LogP) is 0.782. The first kappa shape index (κ1) is 14.1. The van der Waals surface area contributed by atoms with Gasteiger partial charge in [-0.25, -0.2) is 0 Å². The van der Waals surface area contributed by atoms with E-state index in [1.807, 2.05) is 40.1 Å². The summed E-state index contributed by atoms with van der Waals surface area (Å²) in [7, 11) is 0. The molecule has 1 aromatic carbocycles. The lowest BCUT2D eigenvalue weighted by atomic mass is 10.0. The van der Waals surface area contributed by atoms with Crippen LogP contribution in [-0.2, 0) is 9.59 Å². The Morgan fingerprint density at radius 3 is 2.48 bits per heavy atom. The quantitative estimate of drug-likeness (QED) is 0.894. The third-order valence-electron chi connectivity index (χ3n) is 4.20. The van der Waals surface area contributed by atoms with Crippen LogP contribution in [0.5, 0.6) is 0 Å². The minimum atomic E-state index is -0.338. The van der Waals surface area contributed by atoms with Crippen LogP contribution in [0, 0.1) is 0 Å². The summed E-state index contributed by atoms with van der Waals surface area (Å²) in [6.45, 7) is 3.28. The van der Waals surface area contributed by atoms with Crippen LogP contribution in [-0.4, -0.2) is 54.3 Å². The number of rotatable bonds is 3. The van der Waals surface area contributed by atoms with Crippen LogP contribution in [0.25, 0.3) is 0 Å². The highest BCUT2D eigenvalue weighted by Gasteiger charge is 2.34. The zero-order valence-electron chi connectivity index (χ0n) is 12.1. The molecule has 2 amide bonds. The maximum absolute atomic E-state index is 12.9. The van der Waals surface area contributed by atoms with E-state index in [9.17, 15) is 9.59 Å². The molecule has 0 spiro atoms. The normalized spacial score (nSPS) is 21.1. The number of nitrogens with one attached hydrogen (secondary N) is 1. The molecule has 1 unspecified atom stereocenters. The number of likely N-dealkylation sites (tertiary alicyclic amines) is 1. The summed E-state index contributed by atoms with van der Waals surface area (Å²) < 4.78 is 0. The molecule has 1 aromatic rings. The largest absolute Gasteiger partial charge is 0.354 e. The SMILES string of the molecule is O=C1CN(C(C(=O)N2CCCC2)c2ccccc2)CCN1. The van der Waals surface area contributed by atoms with E-state index in [0.29, 0.717) is 19.6 Å². The maximum Gasteiger partial charge on any atom is 0.244 e. The Morgan fingerprint density at radius 2 is 1.81 bits per heavy atom. The Kier molecular flexibility index (Phi) is 4.20. The van der Waals surface area contributed by atoms with Gasteiger partial charge >= 0.3 is 0 Å². The van der Waals surface area contributed by atoms with E-state index in [2.05, 4.69) is 5.32 Å². The molecule has 5 heteroatoms. The number of carbonyl (C=O) groups is 2. The highest BCUT2D eigenvalue weighted by atomic mass is 16.2. The van der Waals surface area contributed by atoms with E-state index in [1.165, 1.54) is 0 Å². The van der Waals surface area contributed by atoms with Crippen molar-refractivity contribution in [2.45, 2.75) is 18.9 Å². The van der Waals surface area contributed by atoms with Crippen molar-refractivity contribution >= 4 is 11.8 Å². The molecule has 5 nitrogen and oxygen atoms in total. The van der Waals surface area contributed by atoms with Crippen LogP contribution in [0.2, 0.25) is 0 Å². The summed E-state index contributed by atoms with van der Waals surface area (Å²) >= 11 is 0. The molecule has 0 radical (unpaired) electrons. The monoisotopic (exact) mass is 287 g/mol. The van der Waals surface area contributed by atoms with Gasteiger partial charge in [0, 0.05) is 26.2 Å². The van der Waals surface area contributed by atoms with E-state index >= 15 is 0 Å². The first-order valence-corrected chi connectivity index (χ1v) is 7.60. The minimum absolute atomic E-state index is 0.00333. The third-order valence-corrected chi connectivity index (χ3v) is 4.20. The summed E-state index contributed by atoms with van der Waals surface area (Å²) in [5.74, 6) is 0.129. The zero-order chi connectivity index (χ0) is 14.7. The third kappa shape index (κ3) is 3.08. The molecule has 2 aliphatic rings. The van der Waals surface area contributed by atoms with Gasteiger partial charge in [-0.3, -0.25) is 14.5 Å². The fourth-order valence-electron chi connectivity index (χ4n) is 3.13. The predicted molar refractivity (Wildman–Crippen MR) is 79.6 cm³/mol. The maximum atomic E-state index is 12.9. The Bertz CT molecular complexity index is 512. The number of amides is 2. The van der Waals surface area contributed by atoms with Crippen molar-refractivity contribution in [3.63, 3.8) is 0 Å². The summed E-state index contributed by atoms with van der Waals surface area (Å²) in [4.78, 5) is 28.5. The van der Waals surface area contributed by atoms with Gasteiger partial charge in [0.25, 0.3) is 0 Å². The summed E-state index contributed by atoms with van der Waals surface area (Å²) in [5, 5.41) is 2.82. The molecule has 0 saturated carbocycles. The molecule has 112 valence electrons. The van der Waals surface area contributed by atoms with Crippen LogP contribution < -0.4 is 5.32 Å². The first-order valence-electron chi connectivity index (χ1n) is 7.60. The number of hydrogen-bond donors (Lipinski definition) is 1. The highest BCUT2D eigenvalue weighted by Crippen LogP contribution is 2.25. The highest BCUT2D eigenvalue weighted by molar-refractivity contribution is 5.85. The molecule has 3 rings (SSSR count). The average molecular weight is 287 g/mol. The zero-order valence-corrected chi connectivity index (χ0v) is 12.1. The molecule has 2 heterocycles. The standard InChI is InChI=1S/C16H21N3O2/c20-14-12-19(11-8-17-14)15(13-6-2-1-3-7-13)16(21)18-9-4-5-10-18/h1-3,6-7,15H,4-5,8-12H2,(H,17,20). The summed E-state index contributed by atoms with van der Waals surface area (Å²) in [6, 6.07) is 9.46. The minimum Gasteiger partial charge on any atom is -0.354 e. The lowest BCUT2D eigenvalue weighted by Crippen LogP contribution is -2.52. The van der Waals surface area contributed by atoms with Crippen molar-refractivity contribution in [1.82, 2.24) is 15.1 Å². The van der Waals surface area contributed by atoms with Crippen LogP contribution in [0.15, 0.2) is 30.3 Å². The van der Waals surface area contributed by atoms with Crippen LogP contribution in [0.3, 0.4) is 0 Å². The number of benzene rings is 1. The van der Waals surface area contributed by atoms with Gasteiger partial charge in [-0.15, -0.1) is 0 Å². The van der Waals surface area contributed by atoms with Crippen LogP contribution in [0.1, 0.15) is 24.4 Å². The van der Waals surface area contributed by atoms with Crippen molar-refractivity contribution in [3.05, 3.63) is 35.9 Å². The number of carbonyl (C=O) groups excluding carboxylic acids is 2. The molecule has 0 aliphatic carbocycles. The first-order chi connectivity index (χ1) is 10.3. The van der Waals surface area contributed by atoms with Gasteiger partial charge in [-0.1, -0.05) is 30.3 Å². The van der Waals surface area contributed by atoms with Gasteiger partial charge in [-0.05, 0) is 18.4 Å². The second-order valence-corrected chi connectivity index (χ2v) is 5.67. The van der Waals surface area contributed by atoms with Crippen LogP contribution >= 0.6 is 0 Å². The lowest BCUT2D eigenvalue weighted by molar-refractivity contribution is -0.138. The molecule has 2 saturated heterocycles. The van der Waals surface area contributed by atoms with Crippen LogP contribution in [0.4, 0.5) is 0 Å². The van der Waals surface area contributed by atoms with Crippen molar-refractivity contribution in [1.29, 1.82) is 0 Å². The topological polar surface area (TPSA) is 52.7 Å². The van der Waals surface area contributed by atoms with Crippen molar-refractivity contribution in [3.8, 4) is 0 Å². The second-order valence-electron chi connectivity index (χ2n) is 5.67. The molecule has 1 atom stereocenters. The van der Waals surface area contributed by atoms with E-state index in [1.54, 1.807) is 0 Å². The van der Waals surface area contributed by atoms with Crippen molar-refractivity contribution in [2.24, 2.45) is 0 Å². The Hall–Kier alpha value is -1.88. The van der Waals surface area contributed by atoms with Gasteiger partial charge < -0.3 is 10.2 Å². The summed E-state index contributed by atoms with van der Waals surface area (Å²) in [6.07, 6.45) is 2.15. The average Bonchev–Trinajstić information content (AvgIpc) is 3.03. The van der Waals surface area contributed by atoms with Gasteiger partial charge in [0.2, 0.25) is 11.8 Å². The molecule has 21 heavy (non-hydrogen) atoms. The smallest absolute Gasteiger partial charge is 0.244 e.